The second-order valence-corrected chi connectivity index (χ2v) is 5.16. The number of carbonyl (C=O) groups excluding carboxylic acids is 1. The molecule has 1 rings (SSSR count). The molecule has 0 spiro atoms. The quantitative estimate of drug-likeness (QED) is 0.831. The Balaban J connectivity index is 2.40. The van der Waals surface area contributed by atoms with Crippen molar-refractivity contribution in [2.24, 2.45) is 0 Å². The van der Waals surface area contributed by atoms with Gasteiger partial charge in [-0.2, -0.15) is 0 Å². The second kappa shape index (κ2) is 7.24. The Morgan fingerprint density at radius 3 is 2.58 bits per heavy atom. The highest BCUT2D eigenvalue weighted by molar-refractivity contribution is 5.76. The maximum atomic E-state index is 13.4. The van der Waals surface area contributed by atoms with Crippen LogP contribution in [-0.4, -0.2) is 18.5 Å². The molecular formula is C15H23FN2O. The molecule has 1 aromatic carbocycles. The van der Waals surface area contributed by atoms with E-state index in [4.69, 9.17) is 0 Å². The summed E-state index contributed by atoms with van der Waals surface area (Å²) in [4.78, 5) is 11.5. The Hall–Kier alpha value is -1.42. The number of hydrogen-bond donors (Lipinski definition) is 2. The van der Waals surface area contributed by atoms with Crippen molar-refractivity contribution in [3.8, 4) is 0 Å². The summed E-state index contributed by atoms with van der Waals surface area (Å²) >= 11 is 0. The number of amides is 1. The molecule has 1 atom stereocenters. The van der Waals surface area contributed by atoms with E-state index in [-0.39, 0.29) is 23.8 Å². The van der Waals surface area contributed by atoms with Gasteiger partial charge in [0.05, 0.1) is 0 Å². The van der Waals surface area contributed by atoms with Crippen molar-refractivity contribution in [1.29, 1.82) is 0 Å². The van der Waals surface area contributed by atoms with Crippen LogP contribution in [0, 0.1) is 12.7 Å². The van der Waals surface area contributed by atoms with E-state index in [9.17, 15) is 9.18 Å². The van der Waals surface area contributed by atoms with Gasteiger partial charge in [0.1, 0.15) is 5.82 Å². The third-order valence-electron chi connectivity index (χ3n) is 2.95. The van der Waals surface area contributed by atoms with E-state index >= 15 is 0 Å². The van der Waals surface area contributed by atoms with Gasteiger partial charge >= 0.3 is 0 Å². The van der Waals surface area contributed by atoms with Gasteiger partial charge in [0.15, 0.2) is 0 Å². The Labute approximate surface area is 114 Å². The maximum absolute atomic E-state index is 13.4. The molecule has 1 unspecified atom stereocenters. The highest BCUT2D eigenvalue weighted by Crippen LogP contribution is 2.16. The van der Waals surface area contributed by atoms with E-state index in [1.54, 1.807) is 19.1 Å². The number of rotatable bonds is 6. The molecule has 0 aliphatic carbocycles. The van der Waals surface area contributed by atoms with Crippen molar-refractivity contribution in [1.82, 2.24) is 10.6 Å². The Kier molecular flexibility index (Phi) is 5.96. The SMILES string of the molecule is Cc1ccc(C(C)NCCC(=O)NC(C)C)cc1F. The molecule has 0 fully saturated rings. The van der Waals surface area contributed by atoms with Crippen LogP contribution in [-0.2, 0) is 4.79 Å². The number of benzene rings is 1. The molecule has 0 bridgehead atoms. The van der Waals surface area contributed by atoms with Gasteiger partial charge in [0.25, 0.3) is 0 Å². The summed E-state index contributed by atoms with van der Waals surface area (Å²) < 4.78 is 13.4. The zero-order valence-electron chi connectivity index (χ0n) is 12.1. The molecule has 2 N–H and O–H groups in total. The monoisotopic (exact) mass is 266 g/mol. The molecule has 106 valence electrons. The predicted molar refractivity (Wildman–Crippen MR) is 75.5 cm³/mol. The summed E-state index contributed by atoms with van der Waals surface area (Å²) in [5, 5.41) is 6.06. The zero-order valence-corrected chi connectivity index (χ0v) is 12.1. The molecule has 0 aromatic heterocycles. The first-order valence-corrected chi connectivity index (χ1v) is 6.69. The molecular weight excluding hydrogens is 243 g/mol. The number of nitrogens with one attached hydrogen (secondary N) is 2. The molecule has 0 radical (unpaired) electrons. The summed E-state index contributed by atoms with van der Waals surface area (Å²) in [5.41, 5.74) is 1.54. The summed E-state index contributed by atoms with van der Waals surface area (Å²) in [6.45, 7) is 8.15. The van der Waals surface area contributed by atoms with Gasteiger partial charge < -0.3 is 10.6 Å². The maximum Gasteiger partial charge on any atom is 0.221 e. The zero-order chi connectivity index (χ0) is 14.4. The lowest BCUT2D eigenvalue weighted by Crippen LogP contribution is -2.33. The Morgan fingerprint density at radius 2 is 2.00 bits per heavy atom. The van der Waals surface area contributed by atoms with Crippen LogP contribution in [0.25, 0.3) is 0 Å². The summed E-state index contributed by atoms with van der Waals surface area (Å²) in [7, 11) is 0. The third kappa shape index (κ3) is 5.39. The van der Waals surface area contributed by atoms with Crippen molar-refractivity contribution >= 4 is 5.91 Å². The van der Waals surface area contributed by atoms with E-state index in [0.717, 1.165) is 5.56 Å². The number of halogens is 1. The molecule has 0 saturated heterocycles. The minimum atomic E-state index is -0.191. The van der Waals surface area contributed by atoms with Crippen LogP contribution in [0.3, 0.4) is 0 Å². The van der Waals surface area contributed by atoms with Crippen molar-refractivity contribution in [2.45, 2.75) is 46.2 Å². The largest absolute Gasteiger partial charge is 0.354 e. The summed E-state index contributed by atoms with van der Waals surface area (Å²) in [6.07, 6.45) is 0.427. The fourth-order valence-electron chi connectivity index (χ4n) is 1.79. The molecule has 0 heterocycles. The van der Waals surface area contributed by atoms with Crippen LogP contribution >= 0.6 is 0 Å². The fraction of sp³-hybridized carbons (Fsp3) is 0.533. The lowest BCUT2D eigenvalue weighted by atomic mass is 10.1. The molecule has 0 saturated carbocycles. The molecule has 1 aromatic rings. The number of aryl methyl sites for hydroxylation is 1. The Bertz CT molecular complexity index is 432. The highest BCUT2D eigenvalue weighted by Gasteiger charge is 2.08. The van der Waals surface area contributed by atoms with Crippen LogP contribution < -0.4 is 10.6 Å². The van der Waals surface area contributed by atoms with E-state index in [1.165, 1.54) is 0 Å². The van der Waals surface area contributed by atoms with Gasteiger partial charge in [-0.25, -0.2) is 4.39 Å². The average Bonchev–Trinajstić information content (AvgIpc) is 2.31. The first kappa shape index (κ1) is 15.6. The minimum Gasteiger partial charge on any atom is -0.354 e. The second-order valence-electron chi connectivity index (χ2n) is 5.16. The van der Waals surface area contributed by atoms with Crippen molar-refractivity contribution in [3.05, 3.63) is 35.1 Å². The molecule has 4 heteroatoms. The van der Waals surface area contributed by atoms with Crippen LogP contribution in [0.4, 0.5) is 4.39 Å². The smallest absolute Gasteiger partial charge is 0.221 e. The normalized spacial score (nSPS) is 12.5. The topological polar surface area (TPSA) is 41.1 Å². The lowest BCUT2D eigenvalue weighted by molar-refractivity contribution is -0.121. The standard InChI is InChI=1S/C15H23FN2O/c1-10(2)18-15(19)7-8-17-12(4)13-6-5-11(3)14(16)9-13/h5-6,9-10,12,17H,7-8H2,1-4H3,(H,18,19). The Morgan fingerprint density at radius 1 is 1.32 bits per heavy atom. The molecule has 0 aliphatic rings. The summed E-state index contributed by atoms with van der Waals surface area (Å²) in [6, 6.07) is 5.41. The van der Waals surface area contributed by atoms with Crippen LogP contribution in [0.1, 0.15) is 44.4 Å². The molecule has 0 aliphatic heterocycles. The lowest BCUT2D eigenvalue weighted by Gasteiger charge is -2.15. The van der Waals surface area contributed by atoms with E-state index in [1.807, 2.05) is 26.8 Å². The van der Waals surface area contributed by atoms with Crippen molar-refractivity contribution < 1.29 is 9.18 Å². The minimum absolute atomic E-state index is 0.0296. The van der Waals surface area contributed by atoms with E-state index in [2.05, 4.69) is 10.6 Å². The van der Waals surface area contributed by atoms with E-state index < -0.39 is 0 Å². The van der Waals surface area contributed by atoms with Gasteiger partial charge in [-0.1, -0.05) is 12.1 Å². The number of hydrogen-bond acceptors (Lipinski definition) is 2. The van der Waals surface area contributed by atoms with Gasteiger partial charge in [-0.3, -0.25) is 4.79 Å². The van der Waals surface area contributed by atoms with Gasteiger partial charge in [0.2, 0.25) is 5.91 Å². The van der Waals surface area contributed by atoms with Crippen molar-refractivity contribution in [3.63, 3.8) is 0 Å². The van der Waals surface area contributed by atoms with Gasteiger partial charge in [0, 0.05) is 25.0 Å². The number of carbonyl (C=O) groups is 1. The first-order chi connectivity index (χ1) is 8.90. The van der Waals surface area contributed by atoms with Crippen LogP contribution in [0.15, 0.2) is 18.2 Å². The van der Waals surface area contributed by atoms with Crippen LogP contribution in [0.5, 0.6) is 0 Å². The first-order valence-electron chi connectivity index (χ1n) is 6.69. The van der Waals surface area contributed by atoms with Crippen LogP contribution in [0.2, 0.25) is 0 Å². The highest BCUT2D eigenvalue weighted by atomic mass is 19.1. The average molecular weight is 266 g/mol. The molecule has 19 heavy (non-hydrogen) atoms. The third-order valence-corrected chi connectivity index (χ3v) is 2.95. The predicted octanol–water partition coefficient (Wildman–Crippen LogP) is 2.70. The van der Waals surface area contributed by atoms with Gasteiger partial charge in [-0.05, 0) is 44.9 Å². The van der Waals surface area contributed by atoms with E-state index in [0.29, 0.717) is 18.5 Å². The summed E-state index contributed by atoms with van der Waals surface area (Å²) in [5.74, 6) is -0.159. The van der Waals surface area contributed by atoms with Gasteiger partial charge in [-0.15, -0.1) is 0 Å². The molecule has 3 nitrogen and oxygen atoms in total. The van der Waals surface area contributed by atoms with Crippen molar-refractivity contribution in [2.75, 3.05) is 6.54 Å². The molecule has 1 amide bonds. The fourth-order valence-corrected chi connectivity index (χ4v) is 1.79.